The van der Waals surface area contributed by atoms with Crippen LogP contribution in [0.25, 0.3) is 0 Å². The van der Waals surface area contributed by atoms with E-state index < -0.39 is 6.04 Å². The number of hydrogen-bond donors (Lipinski definition) is 1. The van der Waals surface area contributed by atoms with Crippen molar-refractivity contribution in [3.05, 3.63) is 61.5 Å². The summed E-state index contributed by atoms with van der Waals surface area (Å²) in [5.74, 6) is -0.142. The molecule has 0 unspecified atom stereocenters. The number of rotatable bonds is 8. The van der Waals surface area contributed by atoms with E-state index in [0.29, 0.717) is 20.8 Å². The Morgan fingerprint density at radius 1 is 1.09 bits per heavy atom. The predicted molar refractivity (Wildman–Crippen MR) is 132 cm³/mol. The Morgan fingerprint density at radius 3 is 2.47 bits per heavy atom. The van der Waals surface area contributed by atoms with Gasteiger partial charge in [-0.15, -0.1) is 0 Å². The van der Waals surface area contributed by atoms with Crippen molar-refractivity contribution >= 4 is 62.5 Å². The molecule has 0 aliphatic heterocycles. The van der Waals surface area contributed by atoms with E-state index in [1.807, 2.05) is 0 Å². The number of hydrogen-bond acceptors (Lipinski definition) is 3. The molecular weight excluding hydrogens is 539 g/mol. The first kappa shape index (κ1) is 25.2. The van der Waals surface area contributed by atoms with Gasteiger partial charge in [0.05, 0.1) is 15.1 Å². The average Bonchev–Trinajstić information content (AvgIpc) is 3.26. The molecule has 1 N–H and O–H groups in total. The fourth-order valence-electron chi connectivity index (χ4n) is 3.62. The molecule has 9 heteroatoms. The highest BCUT2D eigenvalue weighted by Crippen LogP contribution is 2.28. The monoisotopic (exact) mass is 560 g/mol. The normalized spacial score (nSPS) is 14.8. The Balaban J connectivity index is 1.75. The van der Waals surface area contributed by atoms with Gasteiger partial charge in [-0.05, 0) is 55.7 Å². The molecule has 1 saturated carbocycles. The van der Waals surface area contributed by atoms with Crippen molar-refractivity contribution in [1.29, 1.82) is 0 Å². The number of nitrogens with one attached hydrogen (secondary N) is 1. The summed E-state index contributed by atoms with van der Waals surface area (Å²) in [7, 11) is 0. The molecule has 0 spiro atoms. The zero-order valence-corrected chi connectivity index (χ0v) is 21.4. The first-order valence-corrected chi connectivity index (χ1v) is 12.3. The Bertz CT molecular complexity index is 983. The fourth-order valence-corrected chi connectivity index (χ4v) is 4.67. The third kappa shape index (κ3) is 6.77. The first-order valence-electron chi connectivity index (χ1n) is 10.4. The number of benzene rings is 2. The van der Waals surface area contributed by atoms with Crippen molar-refractivity contribution in [3.63, 3.8) is 0 Å². The minimum Gasteiger partial charge on any atom is -0.482 e. The predicted octanol–water partition coefficient (Wildman–Crippen LogP) is 6.26. The van der Waals surface area contributed by atoms with Gasteiger partial charge in [0.15, 0.2) is 6.61 Å². The fraction of sp³-hybridized carbons (Fsp3) is 0.391. The van der Waals surface area contributed by atoms with Crippen LogP contribution in [0.4, 0.5) is 0 Å². The second kappa shape index (κ2) is 11.6. The van der Waals surface area contributed by atoms with Gasteiger partial charge in [0.2, 0.25) is 5.91 Å². The van der Waals surface area contributed by atoms with E-state index in [0.717, 1.165) is 35.7 Å². The summed E-state index contributed by atoms with van der Waals surface area (Å²) in [5, 5.41) is 4.26. The zero-order valence-electron chi connectivity index (χ0n) is 17.5. The maximum Gasteiger partial charge on any atom is 0.261 e. The Hall–Kier alpha value is -1.47. The molecule has 1 aliphatic carbocycles. The molecule has 2 aromatic rings. The molecule has 1 fully saturated rings. The van der Waals surface area contributed by atoms with E-state index in [2.05, 4.69) is 21.2 Å². The first-order chi connectivity index (χ1) is 15.2. The van der Waals surface area contributed by atoms with Crippen LogP contribution in [0.1, 0.15) is 38.2 Å². The lowest BCUT2D eigenvalue weighted by molar-refractivity contribution is -0.142. The molecule has 172 valence electrons. The number of ether oxygens (including phenoxy) is 1. The van der Waals surface area contributed by atoms with Crippen LogP contribution < -0.4 is 10.1 Å². The van der Waals surface area contributed by atoms with Crippen LogP contribution in [0.15, 0.2) is 40.9 Å². The second-order valence-electron chi connectivity index (χ2n) is 7.80. The summed E-state index contributed by atoms with van der Waals surface area (Å²) in [6, 6.07) is 9.75. The lowest BCUT2D eigenvalue weighted by Gasteiger charge is -2.29. The van der Waals surface area contributed by atoms with E-state index in [1.165, 1.54) is 4.90 Å². The molecule has 1 atom stereocenters. The molecule has 5 nitrogen and oxygen atoms in total. The second-order valence-corrected chi connectivity index (χ2v) is 9.94. The number of carbonyl (C=O) groups is 2. The summed E-state index contributed by atoms with van der Waals surface area (Å²) in [5.41, 5.74) is 0.759. The number of halogens is 4. The van der Waals surface area contributed by atoms with Crippen molar-refractivity contribution in [2.75, 3.05) is 6.61 Å². The summed E-state index contributed by atoms with van der Waals surface area (Å²) < 4.78 is 6.46. The van der Waals surface area contributed by atoms with Crippen LogP contribution in [0.3, 0.4) is 0 Å². The summed E-state index contributed by atoms with van der Waals surface area (Å²) in [6.07, 6.45) is 4.13. The van der Waals surface area contributed by atoms with Crippen LogP contribution in [0, 0.1) is 0 Å². The molecule has 2 aromatic carbocycles. The average molecular weight is 563 g/mol. The van der Waals surface area contributed by atoms with Crippen LogP contribution in [-0.2, 0) is 16.1 Å². The quantitative estimate of drug-likeness (QED) is 0.413. The molecule has 1 aliphatic rings. The van der Waals surface area contributed by atoms with Crippen LogP contribution >= 0.6 is 50.7 Å². The molecule has 0 saturated heterocycles. The standard InChI is InChI=1S/C23H24BrCl3N2O3/c1-14(23(31)28-17-4-2-3-5-17)29(12-15-6-8-18(25)19(26)10-15)22(30)13-32-21-9-7-16(24)11-20(21)27/h6-11,14,17H,2-5,12-13H2,1H3,(H,28,31)/t14-/m0/s1. The molecular formula is C23H24BrCl3N2O3. The van der Waals surface area contributed by atoms with E-state index in [9.17, 15) is 9.59 Å². The molecule has 32 heavy (non-hydrogen) atoms. The molecule has 2 amide bonds. The van der Waals surface area contributed by atoms with E-state index in [1.54, 1.807) is 43.3 Å². The maximum absolute atomic E-state index is 13.1. The Kier molecular flexibility index (Phi) is 9.12. The smallest absolute Gasteiger partial charge is 0.261 e. The van der Waals surface area contributed by atoms with Gasteiger partial charge >= 0.3 is 0 Å². The maximum atomic E-state index is 13.1. The largest absolute Gasteiger partial charge is 0.482 e. The van der Waals surface area contributed by atoms with Gasteiger partial charge < -0.3 is 15.0 Å². The van der Waals surface area contributed by atoms with Crippen LogP contribution in [0.2, 0.25) is 15.1 Å². The lowest BCUT2D eigenvalue weighted by Crippen LogP contribution is -2.50. The van der Waals surface area contributed by atoms with Gasteiger partial charge in [-0.2, -0.15) is 0 Å². The van der Waals surface area contributed by atoms with Crippen molar-refractivity contribution in [3.8, 4) is 5.75 Å². The van der Waals surface area contributed by atoms with Crippen molar-refractivity contribution in [2.24, 2.45) is 0 Å². The van der Waals surface area contributed by atoms with Gasteiger partial charge in [0.1, 0.15) is 11.8 Å². The third-order valence-corrected chi connectivity index (χ3v) is 6.98. The van der Waals surface area contributed by atoms with E-state index in [4.69, 9.17) is 39.5 Å². The molecule has 0 bridgehead atoms. The summed E-state index contributed by atoms with van der Waals surface area (Å²) >= 11 is 21.7. The molecule has 0 radical (unpaired) electrons. The van der Waals surface area contributed by atoms with Gasteiger partial charge in [0, 0.05) is 17.1 Å². The minimum atomic E-state index is -0.693. The van der Waals surface area contributed by atoms with Crippen LogP contribution in [-0.4, -0.2) is 35.4 Å². The van der Waals surface area contributed by atoms with Gasteiger partial charge in [-0.1, -0.05) is 69.6 Å². The highest BCUT2D eigenvalue weighted by molar-refractivity contribution is 9.10. The Labute approximate surface area is 211 Å². The lowest BCUT2D eigenvalue weighted by atomic mass is 10.1. The number of nitrogens with zero attached hydrogens (tertiary/aromatic N) is 1. The van der Waals surface area contributed by atoms with Crippen molar-refractivity contribution in [2.45, 2.75) is 51.2 Å². The van der Waals surface area contributed by atoms with E-state index in [-0.39, 0.29) is 31.0 Å². The number of carbonyl (C=O) groups excluding carboxylic acids is 2. The highest BCUT2D eigenvalue weighted by Gasteiger charge is 2.29. The topological polar surface area (TPSA) is 58.6 Å². The van der Waals surface area contributed by atoms with Gasteiger partial charge in [-0.3, -0.25) is 9.59 Å². The molecule has 0 aromatic heterocycles. The number of amides is 2. The highest BCUT2D eigenvalue weighted by atomic mass is 79.9. The van der Waals surface area contributed by atoms with Gasteiger partial charge in [0.25, 0.3) is 5.91 Å². The third-order valence-electron chi connectivity index (χ3n) is 5.45. The summed E-state index contributed by atoms with van der Waals surface area (Å²) in [6.45, 7) is 1.64. The van der Waals surface area contributed by atoms with E-state index >= 15 is 0 Å². The summed E-state index contributed by atoms with van der Waals surface area (Å²) in [4.78, 5) is 27.5. The molecule has 0 heterocycles. The van der Waals surface area contributed by atoms with Gasteiger partial charge in [-0.25, -0.2) is 0 Å². The van der Waals surface area contributed by atoms with Crippen LogP contribution in [0.5, 0.6) is 5.75 Å². The van der Waals surface area contributed by atoms with Crippen molar-refractivity contribution in [1.82, 2.24) is 10.2 Å². The zero-order chi connectivity index (χ0) is 23.3. The Morgan fingerprint density at radius 2 is 1.81 bits per heavy atom. The SMILES string of the molecule is C[C@@H](C(=O)NC1CCCC1)N(Cc1ccc(Cl)c(Cl)c1)C(=O)COc1ccc(Br)cc1Cl. The minimum absolute atomic E-state index is 0.157. The van der Waals surface area contributed by atoms with Crippen molar-refractivity contribution < 1.29 is 14.3 Å². The molecule has 3 rings (SSSR count).